The van der Waals surface area contributed by atoms with Crippen LogP contribution in [-0.4, -0.2) is 41.1 Å². The Morgan fingerprint density at radius 3 is 2.85 bits per heavy atom. The molecule has 3 rings (SSSR count). The maximum atomic E-state index is 12.6. The summed E-state index contributed by atoms with van der Waals surface area (Å²) in [6, 6.07) is 10.8. The summed E-state index contributed by atoms with van der Waals surface area (Å²) in [5.41, 5.74) is 1.17. The van der Waals surface area contributed by atoms with Crippen LogP contribution in [0.2, 0.25) is 0 Å². The highest BCUT2D eigenvalue weighted by atomic mass is 16.5. The molecule has 1 amide bonds. The van der Waals surface area contributed by atoms with Gasteiger partial charge in [-0.15, -0.1) is 0 Å². The van der Waals surface area contributed by atoms with Crippen LogP contribution in [0, 0.1) is 0 Å². The summed E-state index contributed by atoms with van der Waals surface area (Å²) in [7, 11) is 3.76. The first-order valence-corrected chi connectivity index (χ1v) is 8.26. The number of hydrogen-bond acceptors (Lipinski definition) is 5. The highest BCUT2D eigenvalue weighted by Gasteiger charge is 2.11. The van der Waals surface area contributed by atoms with Crippen molar-refractivity contribution in [1.29, 1.82) is 0 Å². The number of pyridine rings is 1. The molecule has 2 heterocycles. The molecule has 1 aromatic carbocycles. The van der Waals surface area contributed by atoms with Crippen LogP contribution in [0.3, 0.4) is 0 Å². The van der Waals surface area contributed by atoms with E-state index in [1.54, 1.807) is 30.9 Å². The maximum absolute atomic E-state index is 12.6. The summed E-state index contributed by atoms with van der Waals surface area (Å²) < 4.78 is 7.76. The van der Waals surface area contributed by atoms with Crippen molar-refractivity contribution >= 4 is 17.4 Å². The van der Waals surface area contributed by atoms with Gasteiger partial charge in [0.05, 0.1) is 18.6 Å². The summed E-state index contributed by atoms with van der Waals surface area (Å²) in [5, 5.41) is 2.91. The van der Waals surface area contributed by atoms with Gasteiger partial charge in [0.2, 0.25) is 0 Å². The Bertz CT molecular complexity index is 862. The van der Waals surface area contributed by atoms with E-state index < -0.39 is 0 Å². The van der Waals surface area contributed by atoms with E-state index in [0.717, 1.165) is 5.82 Å². The topological polar surface area (TPSA) is 72.3 Å². The van der Waals surface area contributed by atoms with Gasteiger partial charge in [-0.1, -0.05) is 12.1 Å². The molecule has 0 saturated carbocycles. The van der Waals surface area contributed by atoms with Crippen LogP contribution in [0.1, 0.15) is 10.4 Å². The first-order chi connectivity index (χ1) is 12.6. The summed E-state index contributed by atoms with van der Waals surface area (Å²) in [6.45, 7) is 1.15. The number of rotatable bonds is 7. The molecule has 26 heavy (non-hydrogen) atoms. The molecule has 3 aromatic rings. The Morgan fingerprint density at radius 2 is 2.08 bits per heavy atom. The van der Waals surface area contributed by atoms with Gasteiger partial charge >= 0.3 is 0 Å². The van der Waals surface area contributed by atoms with Crippen LogP contribution < -0.4 is 15.0 Å². The molecule has 0 saturated heterocycles. The zero-order chi connectivity index (χ0) is 18.4. The van der Waals surface area contributed by atoms with Gasteiger partial charge < -0.3 is 19.5 Å². The minimum Gasteiger partial charge on any atom is -0.490 e. The van der Waals surface area contributed by atoms with Crippen LogP contribution in [0.15, 0.2) is 61.3 Å². The van der Waals surface area contributed by atoms with Gasteiger partial charge in [-0.2, -0.15) is 0 Å². The fourth-order valence-corrected chi connectivity index (χ4v) is 2.37. The number of benzene rings is 1. The smallest absolute Gasteiger partial charge is 0.255 e. The van der Waals surface area contributed by atoms with Gasteiger partial charge in [0.15, 0.2) is 0 Å². The van der Waals surface area contributed by atoms with Crippen LogP contribution in [0.5, 0.6) is 5.75 Å². The minimum atomic E-state index is -0.207. The summed E-state index contributed by atoms with van der Waals surface area (Å²) in [5.74, 6) is 1.14. The van der Waals surface area contributed by atoms with Crippen LogP contribution in [-0.2, 0) is 6.54 Å². The van der Waals surface area contributed by atoms with Gasteiger partial charge in [0.25, 0.3) is 5.91 Å². The molecule has 0 unspecified atom stereocenters. The van der Waals surface area contributed by atoms with E-state index in [-0.39, 0.29) is 5.91 Å². The van der Waals surface area contributed by atoms with Gasteiger partial charge in [0, 0.05) is 38.2 Å². The Balaban J connectivity index is 1.67. The quantitative estimate of drug-likeness (QED) is 0.708. The van der Waals surface area contributed by atoms with E-state index in [1.165, 1.54) is 0 Å². The predicted octanol–water partition coefficient (Wildman–Crippen LogP) is 2.68. The minimum absolute atomic E-state index is 0.207. The zero-order valence-corrected chi connectivity index (χ0v) is 14.8. The van der Waals surface area contributed by atoms with E-state index in [4.69, 9.17) is 4.74 Å². The van der Waals surface area contributed by atoms with Crippen molar-refractivity contribution < 1.29 is 9.53 Å². The van der Waals surface area contributed by atoms with Crippen LogP contribution in [0.25, 0.3) is 0 Å². The van der Waals surface area contributed by atoms with Gasteiger partial charge in [-0.25, -0.2) is 9.97 Å². The molecule has 7 nitrogen and oxygen atoms in total. The molecule has 0 aliphatic heterocycles. The Kier molecular flexibility index (Phi) is 5.48. The maximum Gasteiger partial charge on any atom is 0.255 e. The first-order valence-electron chi connectivity index (χ1n) is 8.26. The second kappa shape index (κ2) is 8.15. The molecule has 0 radical (unpaired) electrons. The van der Waals surface area contributed by atoms with E-state index in [1.807, 2.05) is 54.0 Å². The van der Waals surface area contributed by atoms with E-state index >= 15 is 0 Å². The number of para-hydroxylation sites is 2. The summed E-state index contributed by atoms with van der Waals surface area (Å²) >= 11 is 0. The number of ether oxygens (including phenoxy) is 1. The standard InChI is InChI=1S/C19H21N5O2/c1-23(2)18-13-15(7-8-21-18)19(25)22-16-5-3-4-6-17(16)26-12-11-24-10-9-20-14-24/h3-10,13-14H,11-12H2,1-2H3,(H,22,25). The monoisotopic (exact) mass is 351 g/mol. The number of nitrogens with zero attached hydrogens (tertiary/aromatic N) is 4. The number of aromatic nitrogens is 3. The fraction of sp³-hybridized carbons (Fsp3) is 0.211. The lowest BCUT2D eigenvalue weighted by atomic mass is 10.2. The molecule has 0 atom stereocenters. The molecule has 0 spiro atoms. The van der Waals surface area contributed by atoms with Crippen LogP contribution >= 0.6 is 0 Å². The second-order valence-corrected chi connectivity index (χ2v) is 5.90. The molecule has 7 heteroatoms. The largest absolute Gasteiger partial charge is 0.490 e. The van der Waals surface area contributed by atoms with Crippen molar-refractivity contribution in [2.45, 2.75) is 6.54 Å². The van der Waals surface area contributed by atoms with Gasteiger partial charge in [0.1, 0.15) is 18.2 Å². The number of anilines is 2. The van der Waals surface area contributed by atoms with Gasteiger partial charge in [-0.05, 0) is 24.3 Å². The van der Waals surface area contributed by atoms with E-state index in [2.05, 4.69) is 15.3 Å². The van der Waals surface area contributed by atoms with E-state index in [0.29, 0.717) is 30.2 Å². The fourth-order valence-electron chi connectivity index (χ4n) is 2.37. The van der Waals surface area contributed by atoms with Crippen molar-refractivity contribution in [3.63, 3.8) is 0 Å². The highest BCUT2D eigenvalue weighted by Crippen LogP contribution is 2.24. The number of nitrogens with one attached hydrogen (secondary N) is 1. The third-order valence-electron chi connectivity index (χ3n) is 3.77. The molecule has 0 aliphatic rings. The number of imidazole rings is 1. The lowest BCUT2D eigenvalue weighted by Crippen LogP contribution is -2.16. The van der Waals surface area contributed by atoms with Crippen molar-refractivity contribution in [1.82, 2.24) is 14.5 Å². The van der Waals surface area contributed by atoms with Gasteiger partial charge in [-0.3, -0.25) is 4.79 Å². The molecule has 0 fully saturated rings. The van der Waals surface area contributed by atoms with Crippen LogP contribution in [0.4, 0.5) is 11.5 Å². The predicted molar refractivity (Wildman–Crippen MR) is 101 cm³/mol. The SMILES string of the molecule is CN(C)c1cc(C(=O)Nc2ccccc2OCCn2ccnc2)ccn1. The molecular formula is C19H21N5O2. The third kappa shape index (κ3) is 4.38. The van der Waals surface area contributed by atoms with Crippen molar-refractivity contribution in [2.75, 3.05) is 30.9 Å². The number of carbonyl (C=O) groups is 1. The second-order valence-electron chi connectivity index (χ2n) is 5.90. The molecule has 134 valence electrons. The molecular weight excluding hydrogens is 330 g/mol. The molecule has 0 bridgehead atoms. The summed E-state index contributed by atoms with van der Waals surface area (Å²) in [6.07, 6.45) is 6.97. The number of hydrogen-bond donors (Lipinski definition) is 1. The number of carbonyl (C=O) groups excluding carboxylic acids is 1. The van der Waals surface area contributed by atoms with Crippen molar-refractivity contribution in [3.8, 4) is 5.75 Å². The lowest BCUT2D eigenvalue weighted by molar-refractivity contribution is 0.102. The summed E-state index contributed by atoms with van der Waals surface area (Å²) in [4.78, 5) is 22.7. The normalized spacial score (nSPS) is 10.4. The van der Waals surface area contributed by atoms with Crippen molar-refractivity contribution in [3.05, 3.63) is 66.9 Å². The van der Waals surface area contributed by atoms with Crippen molar-refractivity contribution in [2.24, 2.45) is 0 Å². The molecule has 1 N–H and O–H groups in total. The Labute approximate surface area is 152 Å². The Morgan fingerprint density at radius 1 is 1.23 bits per heavy atom. The third-order valence-corrected chi connectivity index (χ3v) is 3.77. The number of amides is 1. The highest BCUT2D eigenvalue weighted by molar-refractivity contribution is 6.05. The molecule has 0 aliphatic carbocycles. The average molecular weight is 351 g/mol. The van der Waals surface area contributed by atoms with E-state index in [9.17, 15) is 4.79 Å². The first kappa shape index (κ1) is 17.5. The zero-order valence-electron chi connectivity index (χ0n) is 14.8. The molecule has 2 aromatic heterocycles. The lowest BCUT2D eigenvalue weighted by Gasteiger charge is -2.14. The Hall–Kier alpha value is -3.35. The average Bonchev–Trinajstić information content (AvgIpc) is 3.16.